The highest BCUT2D eigenvalue weighted by Gasteiger charge is 2.74. The second-order valence-electron chi connectivity index (χ2n) is 2.87. The maximum Gasteiger partial charge on any atom is 0.460 e. The largest absolute Gasteiger partial charge is 0.460 e. The minimum atomic E-state index is -6.98. The lowest BCUT2D eigenvalue weighted by Crippen LogP contribution is -2.55. The van der Waals surface area contributed by atoms with Gasteiger partial charge in [-0.1, -0.05) is 5.04 Å². The monoisotopic (exact) mass is 378 g/mol. The lowest BCUT2D eigenvalue weighted by molar-refractivity contribution is -0.451. The van der Waals surface area contributed by atoms with Crippen molar-refractivity contribution in [2.75, 3.05) is 0 Å². The third-order valence-electron chi connectivity index (χ3n) is 1.43. The first-order valence-electron chi connectivity index (χ1n) is 3.86. The molecule has 21 heavy (non-hydrogen) atoms. The van der Waals surface area contributed by atoms with Crippen LogP contribution >= 0.6 is 12.0 Å². The summed E-state index contributed by atoms with van der Waals surface area (Å²) in [5.41, 5.74) is 0. The Hall–Kier alpha value is -0.460. The van der Waals surface area contributed by atoms with Crippen LogP contribution in [-0.4, -0.2) is 41.0 Å². The second kappa shape index (κ2) is 5.97. The summed E-state index contributed by atoms with van der Waals surface area (Å²) in [6.45, 7) is 0. The van der Waals surface area contributed by atoms with Crippen molar-refractivity contribution in [1.29, 1.82) is 0 Å². The van der Waals surface area contributed by atoms with E-state index in [1.807, 2.05) is 4.74 Å². The number of hydrogen-bond acceptors (Lipinski definition) is 7. The summed E-state index contributed by atoms with van der Waals surface area (Å²) >= 11 is -1.83. The molecular weight excluding hydrogens is 376 g/mol. The molecule has 0 saturated heterocycles. The third-order valence-corrected chi connectivity index (χ3v) is 2.89. The molecule has 7 nitrogen and oxygen atoms in total. The highest BCUT2D eigenvalue weighted by molar-refractivity contribution is 7.95. The van der Waals surface area contributed by atoms with Crippen molar-refractivity contribution in [2.24, 2.45) is 0 Å². The van der Waals surface area contributed by atoms with Gasteiger partial charge in [-0.2, -0.15) is 43.5 Å². The first-order valence-corrected chi connectivity index (χ1v) is 6.04. The van der Waals surface area contributed by atoms with Crippen LogP contribution in [0.15, 0.2) is 0 Å². The molecule has 17 heteroatoms. The quantitative estimate of drug-likeness (QED) is 0.218. The van der Waals surface area contributed by atoms with E-state index in [1.165, 1.54) is 0 Å². The van der Waals surface area contributed by atoms with Crippen LogP contribution < -0.4 is 0 Å². The lowest BCUT2D eigenvalue weighted by atomic mass is 10.6. The molecule has 0 aromatic carbocycles. The molecule has 0 amide bonds. The molecule has 0 aliphatic heterocycles. The van der Waals surface area contributed by atoms with Crippen molar-refractivity contribution < 1.29 is 67.5 Å². The summed E-state index contributed by atoms with van der Waals surface area (Å²) in [7, 11) is -6.98. The van der Waals surface area contributed by atoms with E-state index in [0.717, 1.165) is 0 Å². The molecule has 0 heterocycles. The molecule has 0 spiro atoms. The molecule has 0 saturated carbocycles. The summed E-state index contributed by atoms with van der Waals surface area (Å²) in [5.74, 6) is 0. The predicted molar refractivity (Wildman–Crippen MR) is 44.8 cm³/mol. The Kier molecular flexibility index (Phi) is 5.84. The van der Waals surface area contributed by atoms with Crippen molar-refractivity contribution in [1.82, 2.24) is 0 Å². The number of halogens is 8. The molecule has 0 aliphatic carbocycles. The van der Waals surface area contributed by atoms with Crippen LogP contribution in [-0.2, 0) is 24.2 Å². The van der Waals surface area contributed by atoms with Gasteiger partial charge in [-0.05, 0) is 0 Å². The number of ether oxygens (including phenoxy) is 1. The molecule has 0 rings (SSSR count). The van der Waals surface area contributed by atoms with Gasteiger partial charge in [0.1, 0.15) is 12.0 Å². The van der Waals surface area contributed by atoms with Gasteiger partial charge < -0.3 is 0 Å². The summed E-state index contributed by atoms with van der Waals surface area (Å²) in [5, 5.41) is -2.64. The van der Waals surface area contributed by atoms with Gasteiger partial charge in [0.05, 0.1) is 0 Å². The zero-order chi connectivity index (χ0) is 17.3. The molecule has 0 aromatic heterocycles. The smallest absolute Gasteiger partial charge is 0.281 e. The molecule has 0 bridgehead atoms. The van der Waals surface area contributed by atoms with E-state index in [9.17, 15) is 43.5 Å². The fraction of sp³-hybridized carbons (Fsp3) is 1.00. The van der Waals surface area contributed by atoms with Gasteiger partial charge >= 0.3 is 32.8 Å². The average Bonchev–Trinajstić information content (AvgIpc) is 2.22. The molecular formula is C4H2F8O7S2. The second-order valence-corrected chi connectivity index (χ2v) is 5.15. The van der Waals surface area contributed by atoms with Crippen LogP contribution in [0, 0.1) is 0 Å². The molecule has 2 N–H and O–H groups in total. The normalized spacial score (nSPS) is 15.3. The molecule has 0 aromatic rings. The molecule has 128 valence electrons. The molecule has 0 fully saturated rings. The summed E-state index contributed by atoms with van der Waals surface area (Å²) in [6, 6.07) is 0. The van der Waals surface area contributed by atoms with Gasteiger partial charge in [-0.25, -0.2) is 9.99 Å². The van der Waals surface area contributed by atoms with E-state index >= 15 is 0 Å². The van der Waals surface area contributed by atoms with E-state index in [-0.39, 0.29) is 0 Å². The number of hydrogen-bond donors (Lipinski definition) is 2. The van der Waals surface area contributed by atoms with E-state index in [2.05, 4.69) is 9.37 Å². The van der Waals surface area contributed by atoms with Crippen molar-refractivity contribution in [3.63, 3.8) is 0 Å². The van der Waals surface area contributed by atoms with Crippen LogP contribution in [0.3, 0.4) is 0 Å². The van der Waals surface area contributed by atoms with E-state index < -0.39 is 44.9 Å². The molecule has 0 aliphatic rings. The number of alkyl halides is 8. The fourth-order valence-electron chi connectivity index (χ4n) is 0.536. The predicted octanol–water partition coefficient (Wildman–Crippen LogP) is 2.33. The van der Waals surface area contributed by atoms with E-state index in [1.54, 1.807) is 0 Å². The van der Waals surface area contributed by atoms with Gasteiger partial charge in [0.25, 0.3) is 0 Å². The maximum absolute atomic E-state index is 12.6. The fourth-order valence-corrected chi connectivity index (χ4v) is 1.13. The molecule has 0 atom stereocenters. The standard InChI is InChI=1S/C4H2F8O7S2/c5-1(6,3(9,10)20-19-18-13)17-2(7,8)4(11,12)21(14,15)16/h13H,(H,14,15,16). The van der Waals surface area contributed by atoms with Gasteiger partial charge in [0, 0.05) is 0 Å². The van der Waals surface area contributed by atoms with Crippen LogP contribution in [0.25, 0.3) is 0 Å². The minimum absolute atomic E-state index is 1.83. The third kappa shape index (κ3) is 4.27. The Bertz CT molecular complexity index is 463. The Morgan fingerprint density at radius 2 is 1.33 bits per heavy atom. The van der Waals surface area contributed by atoms with Crippen LogP contribution in [0.2, 0.25) is 0 Å². The summed E-state index contributed by atoms with van der Waals surface area (Å²) < 4.78 is 133. The Balaban J connectivity index is 5.43. The van der Waals surface area contributed by atoms with Crippen LogP contribution in [0.5, 0.6) is 0 Å². The zero-order valence-electron chi connectivity index (χ0n) is 8.78. The topological polar surface area (TPSA) is 102 Å². The highest BCUT2D eigenvalue weighted by atomic mass is 32.2. The van der Waals surface area contributed by atoms with Crippen LogP contribution in [0.4, 0.5) is 35.1 Å². The van der Waals surface area contributed by atoms with Gasteiger partial charge in [0.2, 0.25) is 0 Å². The van der Waals surface area contributed by atoms with Gasteiger partial charge in [0.15, 0.2) is 0 Å². The van der Waals surface area contributed by atoms with Gasteiger partial charge in [-0.15, -0.1) is 4.33 Å². The SMILES string of the molecule is O=S(=O)(O)C(F)(F)C(F)(F)OC(F)(F)C(F)(F)SOOO. The molecule has 0 radical (unpaired) electrons. The zero-order valence-corrected chi connectivity index (χ0v) is 10.4. The van der Waals surface area contributed by atoms with Gasteiger partial charge in [-0.3, -0.25) is 4.55 Å². The minimum Gasteiger partial charge on any atom is -0.281 e. The Morgan fingerprint density at radius 3 is 1.67 bits per heavy atom. The van der Waals surface area contributed by atoms with Crippen molar-refractivity contribution in [3.05, 3.63) is 0 Å². The molecule has 0 unspecified atom stereocenters. The Labute approximate surface area is 113 Å². The number of rotatable bonds is 8. The maximum atomic E-state index is 12.6. The average molecular weight is 378 g/mol. The highest BCUT2D eigenvalue weighted by Crippen LogP contribution is 2.50. The van der Waals surface area contributed by atoms with E-state index in [4.69, 9.17) is 9.81 Å². The van der Waals surface area contributed by atoms with Crippen molar-refractivity contribution in [2.45, 2.75) is 22.7 Å². The van der Waals surface area contributed by atoms with Crippen molar-refractivity contribution >= 4 is 22.2 Å². The summed E-state index contributed by atoms with van der Waals surface area (Å²) in [6.07, 6.45) is -13.2. The van der Waals surface area contributed by atoms with Crippen LogP contribution in [0.1, 0.15) is 0 Å². The Morgan fingerprint density at radius 1 is 0.905 bits per heavy atom. The summed E-state index contributed by atoms with van der Waals surface area (Å²) in [4.78, 5) is 0. The lowest BCUT2D eigenvalue weighted by Gasteiger charge is -2.30. The van der Waals surface area contributed by atoms with E-state index in [0.29, 0.717) is 0 Å². The first kappa shape index (κ1) is 20.5. The van der Waals surface area contributed by atoms with Crippen molar-refractivity contribution in [3.8, 4) is 0 Å². The first-order chi connectivity index (χ1) is 9.02.